The Kier molecular flexibility index (Phi) is 2.67. The molecule has 0 heterocycles. The fraction of sp³-hybridized carbons (Fsp3) is 0.846. The maximum absolute atomic E-state index is 5.84. The lowest BCUT2D eigenvalue weighted by Gasteiger charge is -2.43. The van der Waals surface area contributed by atoms with Crippen molar-refractivity contribution < 1.29 is 0 Å². The van der Waals surface area contributed by atoms with Gasteiger partial charge in [0.25, 0.3) is 0 Å². The average molecular weight is 228 g/mol. The summed E-state index contributed by atoms with van der Waals surface area (Å²) >= 11 is 5.84. The summed E-state index contributed by atoms with van der Waals surface area (Å²) in [5.41, 5.74) is 0.903. The Bertz CT molecular complexity index is 280. The van der Waals surface area contributed by atoms with Crippen LogP contribution in [-0.4, -0.2) is 12.6 Å². The van der Waals surface area contributed by atoms with Gasteiger partial charge in [-0.3, -0.25) is 0 Å². The summed E-state index contributed by atoms with van der Waals surface area (Å²) in [7, 11) is 0. The third-order valence-electron chi connectivity index (χ3n) is 4.77. The van der Waals surface area contributed by atoms with Crippen molar-refractivity contribution in [1.29, 1.82) is 0 Å². The van der Waals surface area contributed by atoms with E-state index in [0.717, 1.165) is 17.5 Å². The van der Waals surface area contributed by atoms with Gasteiger partial charge in [0, 0.05) is 17.6 Å². The molecule has 0 aromatic carbocycles. The second-order valence-electron chi connectivity index (χ2n) is 6.25. The second kappa shape index (κ2) is 3.49. The Labute approximate surface area is 98.3 Å². The molecule has 2 aliphatic carbocycles. The summed E-state index contributed by atoms with van der Waals surface area (Å²) in [6, 6.07) is 0.597. The highest BCUT2D eigenvalue weighted by Crippen LogP contribution is 2.62. The average Bonchev–Trinajstić information content (AvgIpc) is 2.54. The molecule has 2 rings (SSSR count). The molecular weight excluding hydrogens is 206 g/mol. The number of nitrogens with one attached hydrogen (secondary N) is 1. The molecule has 2 fully saturated rings. The van der Waals surface area contributed by atoms with Crippen molar-refractivity contribution in [3.63, 3.8) is 0 Å². The van der Waals surface area contributed by atoms with Crippen LogP contribution in [0.15, 0.2) is 11.6 Å². The Hall–Kier alpha value is -0.0100. The van der Waals surface area contributed by atoms with Gasteiger partial charge in [0.05, 0.1) is 0 Å². The summed E-state index contributed by atoms with van der Waals surface area (Å²) < 4.78 is 0. The van der Waals surface area contributed by atoms with E-state index in [0.29, 0.717) is 16.9 Å². The fourth-order valence-corrected chi connectivity index (χ4v) is 4.10. The Morgan fingerprint density at radius 3 is 2.60 bits per heavy atom. The first kappa shape index (κ1) is 11.5. The third-order valence-corrected chi connectivity index (χ3v) is 4.90. The Balaban J connectivity index is 2.12. The molecule has 0 aromatic heterocycles. The quantitative estimate of drug-likeness (QED) is 0.778. The molecule has 0 aromatic rings. The minimum Gasteiger partial charge on any atom is -0.308 e. The molecule has 0 saturated heterocycles. The van der Waals surface area contributed by atoms with E-state index in [1.54, 1.807) is 0 Å². The van der Waals surface area contributed by atoms with Crippen LogP contribution in [0.3, 0.4) is 0 Å². The largest absolute Gasteiger partial charge is 0.308 e. The molecule has 0 amide bonds. The van der Waals surface area contributed by atoms with Crippen LogP contribution in [0, 0.1) is 16.7 Å². The van der Waals surface area contributed by atoms with Crippen LogP contribution in [0.1, 0.15) is 40.0 Å². The molecule has 0 spiro atoms. The van der Waals surface area contributed by atoms with Crippen molar-refractivity contribution in [1.82, 2.24) is 5.32 Å². The van der Waals surface area contributed by atoms with Gasteiger partial charge in [-0.05, 0) is 36.0 Å². The Morgan fingerprint density at radius 1 is 1.47 bits per heavy atom. The normalized spacial score (nSPS) is 42.1. The maximum atomic E-state index is 5.84. The zero-order valence-corrected chi connectivity index (χ0v) is 10.8. The molecule has 2 saturated carbocycles. The predicted molar refractivity (Wildman–Crippen MR) is 66.0 cm³/mol. The first-order chi connectivity index (χ1) is 6.86. The molecule has 1 unspecified atom stereocenters. The first-order valence-electron chi connectivity index (χ1n) is 5.93. The van der Waals surface area contributed by atoms with Crippen LogP contribution >= 0.6 is 11.6 Å². The SMILES string of the molecule is C=C(Cl)CNC1C(C)(C)[C@H]2CC[C@]1(C)C2. The number of rotatable bonds is 3. The van der Waals surface area contributed by atoms with E-state index in [1.165, 1.54) is 19.3 Å². The summed E-state index contributed by atoms with van der Waals surface area (Å²) in [6.45, 7) is 11.7. The monoisotopic (exact) mass is 227 g/mol. The molecule has 86 valence electrons. The van der Waals surface area contributed by atoms with Gasteiger partial charge in [0.1, 0.15) is 0 Å². The Morgan fingerprint density at radius 2 is 2.13 bits per heavy atom. The third kappa shape index (κ3) is 1.74. The molecule has 3 atom stereocenters. The van der Waals surface area contributed by atoms with Crippen LogP contribution in [0.2, 0.25) is 0 Å². The molecular formula is C13H22ClN. The zero-order chi connectivity index (χ0) is 11.3. The highest BCUT2D eigenvalue weighted by atomic mass is 35.5. The summed E-state index contributed by atoms with van der Waals surface area (Å²) in [4.78, 5) is 0. The second-order valence-corrected chi connectivity index (χ2v) is 6.78. The topological polar surface area (TPSA) is 12.0 Å². The number of hydrogen-bond acceptors (Lipinski definition) is 1. The van der Waals surface area contributed by atoms with E-state index in [-0.39, 0.29) is 0 Å². The molecule has 0 radical (unpaired) electrons. The van der Waals surface area contributed by atoms with Crippen LogP contribution in [-0.2, 0) is 0 Å². The van der Waals surface area contributed by atoms with Gasteiger partial charge in [-0.15, -0.1) is 0 Å². The van der Waals surface area contributed by atoms with Crippen molar-refractivity contribution in [3.05, 3.63) is 11.6 Å². The fourth-order valence-electron chi connectivity index (χ4n) is 4.02. The number of hydrogen-bond donors (Lipinski definition) is 1. The van der Waals surface area contributed by atoms with Gasteiger partial charge in [-0.2, -0.15) is 0 Å². The predicted octanol–water partition coefficient (Wildman–Crippen LogP) is 3.54. The van der Waals surface area contributed by atoms with Gasteiger partial charge in [0.15, 0.2) is 0 Å². The zero-order valence-electron chi connectivity index (χ0n) is 10.1. The molecule has 2 bridgehead atoms. The van der Waals surface area contributed by atoms with Gasteiger partial charge >= 0.3 is 0 Å². The lowest BCUT2D eigenvalue weighted by atomic mass is 9.68. The van der Waals surface area contributed by atoms with E-state index in [4.69, 9.17) is 11.6 Å². The number of halogens is 1. The lowest BCUT2D eigenvalue weighted by Crippen LogP contribution is -2.50. The summed E-state index contributed by atoms with van der Waals surface area (Å²) in [5, 5.41) is 4.33. The highest BCUT2D eigenvalue weighted by Gasteiger charge is 2.58. The first-order valence-corrected chi connectivity index (χ1v) is 6.31. The van der Waals surface area contributed by atoms with E-state index in [9.17, 15) is 0 Å². The highest BCUT2D eigenvalue weighted by molar-refractivity contribution is 6.29. The maximum Gasteiger partial charge on any atom is 0.0310 e. The van der Waals surface area contributed by atoms with Crippen LogP contribution in [0.25, 0.3) is 0 Å². The molecule has 0 aliphatic heterocycles. The molecule has 15 heavy (non-hydrogen) atoms. The van der Waals surface area contributed by atoms with Crippen LogP contribution < -0.4 is 5.32 Å². The van der Waals surface area contributed by atoms with Crippen molar-refractivity contribution in [2.75, 3.05) is 6.54 Å². The lowest BCUT2D eigenvalue weighted by molar-refractivity contribution is 0.112. The minimum absolute atomic E-state index is 0.416. The van der Waals surface area contributed by atoms with Gasteiger partial charge in [-0.1, -0.05) is 39.0 Å². The smallest absolute Gasteiger partial charge is 0.0310 e. The molecule has 2 aliphatic rings. The van der Waals surface area contributed by atoms with Crippen molar-refractivity contribution in [2.45, 2.75) is 46.1 Å². The molecule has 1 N–H and O–H groups in total. The van der Waals surface area contributed by atoms with Crippen molar-refractivity contribution in [3.8, 4) is 0 Å². The molecule has 1 nitrogen and oxygen atoms in total. The minimum atomic E-state index is 0.416. The summed E-state index contributed by atoms with van der Waals surface area (Å²) in [5.74, 6) is 0.892. The van der Waals surface area contributed by atoms with E-state index < -0.39 is 0 Å². The van der Waals surface area contributed by atoms with Crippen molar-refractivity contribution in [2.24, 2.45) is 16.7 Å². The standard InChI is InChI=1S/C13H22ClN/c1-9(14)8-15-11-12(2,3)10-5-6-13(11,4)7-10/h10-11,15H,1,5-8H2,2-4H3/t10-,11?,13+/m0/s1. The van der Waals surface area contributed by atoms with Gasteiger partial charge in [-0.25, -0.2) is 0 Å². The van der Waals surface area contributed by atoms with E-state index in [2.05, 4.69) is 32.7 Å². The van der Waals surface area contributed by atoms with Gasteiger partial charge < -0.3 is 5.32 Å². The van der Waals surface area contributed by atoms with Crippen molar-refractivity contribution >= 4 is 11.6 Å². The molecule has 2 heteroatoms. The van der Waals surface area contributed by atoms with Crippen LogP contribution in [0.5, 0.6) is 0 Å². The number of fused-ring (bicyclic) bond motifs is 2. The van der Waals surface area contributed by atoms with Crippen LogP contribution in [0.4, 0.5) is 0 Å². The van der Waals surface area contributed by atoms with E-state index in [1.807, 2.05) is 0 Å². The van der Waals surface area contributed by atoms with Gasteiger partial charge in [0.2, 0.25) is 0 Å². The summed E-state index contributed by atoms with van der Waals surface area (Å²) in [6.07, 6.45) is 4.16. The van der Waals surface area contributed by atoms with E-state index >= 15 is 0 Å².